The van der Waals surface area contributed by atoms with Crippen molar-refractivity contribution in [3.63, 3.8) is 0 Å². The zero-order valence-electron chi connectivity index (χ0n) is 17.9. The van der Waals surface area contributed by atoms with Crippen LogP contribution in [0.4, 0.5) is 15.8 Å². The summed E-state index contributed by atoms with van der Waals surface area (Å²) in [6.45, 7) is 9.70. The zero-order valence-corrected chi connectivity index (χ0v) is 17.9. The van der Waals surface area contributed by atoms with E-state index in [1.807, 2.05) is 69.0 Å². The molecule has 0 N–H and O–H groups in total. The molecular formula is C23H27BFN3O2. The molecule has 156 valence electrons. The van der Waals surface area contributed by atoms with Gasteiger partial charge in [-0.25, -0.2) is 4.39 Å². The third kappa shape index (κ3) is 3.78. The summed E-state index contributed by atoms with van der Waals surface area (Å²) in [7, 11) is -0.418. The second-order valence-corrected chi connectivity index (χ2v) is 8.91. The van der Waals surface area contributed by atoms with Crippen LogP contribution in [0, 0.1) is 11.3 Å². The van der Waals surface area contributed by atoms with Gasteiger partial charge in [-0.3, -0.25) is 0 Å². The molecule has 0 spiro atoms. The maximum absolute atomic E-state index is 15.0. The van der Waals surface area contributed by atoms with E-state index in [1.165, 1.54) is 0 Å². The molecule has 0 saturated carbocycles. The van der Waals surface area contributed by atoms with Crippen LogP contribution in [0.2, 0.25) is 0 Å². The second-order valence-electron chi connectivity index (χ2n) is 8.91. The molecule has 2 aromatic carbocycles. The van der Waals surface area contributed by atoms with Crippen molar-refractivity contribution < 1.29 is 13.7 Å². The topological polar surface area (TPSA) is 48.7 Å². The largest absolute Gasteiger partial charge is 0.494 e. The summed E-state index contributed by atoms with van der Waals surface area (Å²) in [4.78, 5) is 3.80. The standard InChI is InChI=1S/C23H27BFN3O2/c1-22(2)23(3,4)30-24(29-22)18-7-11-20(12-8-18)28-14-13-27(16-21(28)25)19-9-5-17(15-26)6-10-19/h5-12,21H,13-14,16H2,1-4H3. The van der Waals surface area contributed by atoms with E-state index in [2.05, 4.69) is 6.07 Å². The van der Waals surface area contributed by atoms with E-state index in [0.29, 0.717) is 18.7 Å². The molecule has 0 amide bonds. The number of alkyl halides is 1. The van der Waals surface area contributed by atoms with Crippen LogP contribution in [0.25, 0.3) is 0 Å². The lowest BCUT2D eigenvalue weighted by Crippen LogP contribution is -2.51. The average molecular weight is 407 g/mol. The van der Waals surface area contributed by atoms with Crippen molar-refractivity contribution >= 4 is 24.0 Å². The van der Waals surface area contributed by atoms with Gasteiger partial charge >= 0.3 is 7.12 Å². The van der Waals surface area contributed by atoms with Crippen LogP contribution < -0.4 is 15.3 Å². The van der Waals surface area contributed by atoms with Gasteiger partial charge in [0.15, 0.2) is 6.30 Å². The molecule has 1 unspecified atom stereocenters. The van der Waals surface area contributed by atoms with E-state index < -0.39 is 13.4 Å². The number of rotatable bonds is 3. The van der Waals surface area contributed by atoms with Crippen molar-refractivity contribution in [3.05, 3.63) is 54.1 Å². The van der Waals surface area contributed by atoms with Gasteiger partial charge in [0.2, 0.25) is 0 Å². The highest BCUT2D eigenvalue weighted by Crippen LogP contribution is 2.36. The monoisotopic (exact) mass is 407 g/mol. The first kappa shape index (κ1) is 20.7. The molecule has 2 aliphatic heterocycles. The van der Waals surface area contributed by atoms with Crippen molar-refractivity contribution in [2.24, 2.45) is 0 Å². The highest BCUT2D eigenvalue weighted by molar-refractivity contribution is 6.62. The third-order valence-electron chi connectivity index (χ3n) is 6.43. The molecule has 2 aliphatic rings. The van der Waals surface area contributed by atoms with Crippen LogP contribution in [0.1, 0.15) is 33.3 Å². The van der Waals surface area contributed by atoms with Gasteiger partial charge in [0.1, 0.15) is 0 Å². The van der Waals surface area contributed by atoms with Gasteiger partial charge in [0.25, 0.3) is 0 Å². The number of anilines is 2. The van der Waals surface area contributed by atoms with Crippen molar-refractivity contribution in [3.8, 4) is 6.07 Å². The highest BCUT2D eigenvalue weighted by atomic mass is 19.1. The Hall–Kier alpha value is -2.56. The minimum absolute atomic E-state index is 0.283. The number of hydrogen-bond donors (Lipinski definition) is 0. The number of halogens is 1. The van der Waals surface area contributed by atoms with Crippen LogP contribution in [0.3, 0.4) is 0 Å². The lowest BCUT2D eigenvalue weighted by Gasteiger charge is -2.40. The first-order valence-electron chi connectivity index (χ1n) is 10.3. The third-order valence-corrected chi connectivity index (χ3v) is 6.43. The van der Waals surface area contributed by atoms with Crippen LogP contribution in [0.15, 0.2) is 48.5 Å². The molecule has 0 bridgehead atoms. The second kappa shape index (κ2) is 7.61. The summed E-state index contributed by atoms with van der Waals surface area (Å²) < 4.78 is 27.2. The van der Waals surface area contributed by atoms with Gasteiger partial charge in [0.05, 0.1) is 29.4 Å². The van der Waals surface area contributed by atoms with Gasteiger partial charge in [0, 0.05) is 24.5 Å². The SMILES string of the molecule is CC1(C)OB(c2ccc(N3CCN(c4ccc(C#N)cc4)CC3F)cc2)OC1(C)C. The highest BCUT2D eigenvalue weighted by Gasteiger charge is 2.51. The van der Waals surface area contributed by atoms with Gasteiger partial charge in [-0.2, -0.15) is 5.26 Å². The molecule has 2 aromatic rings. The molecule has 2 fully saturated rings. The maximum Gasteiger partial charge on any atom is 0.494 e. The number of benzene rings is 2. The number of nitrogens with zero attached hydrogens (tertiary/aromatic N) is 3. The Bertz CT molecular complexity index is 924. The molecule has 1 atom stereocenters. The molecule has 2 saturated heterocycles. The number of nitriles is 1. The lowest BCUT2D eigenvalue weighted by atomic mass is 9.79. The first-order chi connectivity index (χ1) is 14.2. The van der Waals surface area contributed by atoms with Gasteiger partial charge in [-0.1, -0.05) is 12.1 Å². The maximum atomic E-state index is 15.0. The fourth-order valence-corrected chi connectivity index (χ4v) is 3.81. The van der Waals surface area contributed by atoms with E-state index in [9.17, 15) is 0 Å². The summed E-state index contributed by atoms with van der Waals surface area (Å²) in [5.74, 6) is 0. The predicted molar refractivity (Wildman–Crippen MR) is 118 cm³/mol. The van der Waals surface area contributed by atoms with Crippen molar-refractivity contribution in [1.29, 1.82) is 5.26 Å². The Balaban J connectivity index is 1.42. The summed E-state index contributed by atoms with van der Waals surface area (Å²) in [5.41, 5.74) is 2.56. The normalized spacial score (nSPS) is 22.8. The van der Waals surface area contributed by atoms with Crippen LogP contribution in [0.5, 0.6) is 0 Å². The Kier molecular flexibility index (Phi) is 5.25. The minimum atomic E-state index is -1.11. The van der Waals surface area contributed by atoms with E-state index in [0.717, 1.165) is 16.8 Å². The lowest BCUT2D eigenvalue weighted by molar-refractivity contribution is 0.00578. The quantitative estimate of drug-likeness (QED) is 0.576. The Morgan fingerprint density at radius 1 is 0.933 bits per heavy atom. The molecule has 30 heavy (non-hydrogen) atoms. The Labute approximate surface area is 178 Å². The molecule has 0 radical (unpaired) electrons. The summed E-state index contributed by atoms with van der Waals surface area (Å²) >= 11 is 0. The predicted octanol–water partition coefficient (Wildman–Crippen LogP) is 3.48. The van der Waals surface area contributed by atoms with Crippen LogP contribution in [-0.2, 0) is 9.31 Å². The van der Waals surface area contributed by atoms with Crippen LogP contribution >= 0.6 is 0 Å². The number of piperazine rings is 1. The Morgan fingerprint density at radius 3 is 2.03 bits per heavy atom. The van der Waals surface area contributed by atoms with E-state index >= 15 is 4.39 Å². The summed E-state index contributed by atoms with van der Waals surface area (Å²) in [6, 6.07) is 17.2. The molecule has 0 aromatic heterocycles. The summed E-state index contributed by atoms with van der Waals surface area (Å²) in [6.07, 6.45) is -1.11. The smallest absolute Gasteiger partial charge is 0.399 e. The minimum Gasteiger partial charge on any atom is -0.399 e. The fourth-order valence-electron chi connectivity index (χ4n) is 3.81. The van der Waals surface area contributed by atoms with E-state index in [4.69, 9.17) is 14.6 Å². The van der Waals surface area contributed by atoms with Crippen molar-refractivity contribution in [2.45, 2.75) is 45.2 Å². The zero-order chi connectivity index (χ0) is 21.5. The van der Waals surface area contributed by atoms with Crippen LogP contribution in [-0.4, -0.2) is 44.3 Å². The summed E-state index contributed by atoms with van der Waals surface area (Å²) in [5, 5.41) is 8.94. The van der Waals surface area contributed by atoms with Gasteiger partial charge in [-0.05, 0) is 69.6 Å². The molecule has 4 rings (SSSR count). The molecule has 5 nitrogen and oxygen atoms in total. The number of hydrogen-bond acceptors (Lipinski definition) is 5. The van der Waals surface area contributed by atoms with E-state index in [1.54, 1.807) is 17.0 Å². The molecule has 7 heteroatoms. The van der Waals surface area contributed by atoms with Gasteiger partial charge < -0.3 is 19.1 Å². The first-order valence-corrected chi connectivity index (χ1v) is 10.3. The average Bonchev–Trinajstić information content (AvgIpc) is 2.95. The van der Waals surface area contributed by atoms with Crippen molar-refractivity contribution in [1.82, 2.24) is 0 Å². The molecule has 2 heterocycles. The fraction of sp³-hybridized carbons (Fsp3) is 0.435. The Morgan fingerprint density at radius 2 is 1.50 bits per heavy atom. The molecular weight excluding hydrogens is 380 g/mol. The van der Waals surface area contributed by atoms with Crippen molar-refractivity contribution in [2.75, 3.05) is 29.4 Å². The van der Waals surface area contributed by atoms with Gasteiger partial charge in [-0.15, -0.1) is 0 Å². The van der Waals surface area contributed by atoms with E-state index in [-0.39, 0.29) is 17.7 Å². The molecule has 0 aliphatic carbocycles.